The van der Waals surface area contributed by atoms with E-state index in [2.05, 4.69) is 5.32 Å². The Hall–Kier alpha value is -1.17. The highest BCUT2D eigenvalue weighted by Crippen LogP contribution is 2.38. The zero-order chi connectivity index (χ0) is 19.3. The average Bonchev–Trinajstić information content (AvgIpc) is 2.60. The summed E-state index contributed by atoms with van der Waals surface area (Å²) in [5, 5.41) is 14.1. The van der Waals surface area contributed by atoms with Gasteiger partial charge in [-0.3, -0.25) is 0 Å². The summed E-state index contributed by atoms with van der Waals surface area (Å²) in [7, 11) is 1.55. The summed E-state index contributed by atoms with van der Waals surface area (Å²) in [5.74, 6) is 0.939. The van der Waals surface area contributed by atoms with Gasteiger partial charge >= 0.3 is 0 Å². The Morgan fingerprint density at radius 3 is 2.31 bits per heavy atom. The molecule has 0 saturated heterocycles. The predicted molar refractivity (Wildman–Crippen MR) is 107 cm³/mol. The number of nitrogens with one attached hydrogen (secondary N) is 1. The fourth-order valence-corrected chi connectivity index (χ4v) is 3.02. The van der Waals surface area contributed by atoms with E-state index in [1.165, 1.54) is 0 Å². The van der Waals surface area contributed by atoms with Gasteiger partial charge in [-0.25, -0.2) is 0 Å². The summed E-state index contributed by atoms with van der Waals surface area (Å²) in [6.07, 6.45) is 0. The molecule has 0 aliphatic heterocycles. The first-order valence-corrected chi connectivity index (χ1v) is 9.19. The van der Waals surface area contributed by atoms with Gasteiger partial charge in [0.2, 0.25) is 0 Å². The average molecular weight is 419 g/mol. The first-order valence-electron chi connectivity index (χ1n) is 8.05. The largest absolute Gasteiger partial charge is 0.493 e. The highest BCUT2D eigenvalue weighted by molar-refractivity contribution is 6.36. The van der Waals surface area contributed by atoms with Gasteiger partial charge in [0, 0.05) is 27.7 Å². The number of rotatable bonds is 8. The monoisotopic (exact) mass is 417 g/mol. The lowest BCUT2D eigenvalue weighted by molar-refractivity contribution is 0.187. The Morgan fingerprint density at radius 2 is 1.73 bits per heavy atom. The van der Waals surface area contributed by atoms with Crippen molar-refractivity contribution >= 4 is 34.8 Å². The predicted octanol–water partition coefficient (Wildman–Crippen LogP) is 5.09. The standard InChI is InChI=1S/C19H22Cl3NO3/c1-19(2,11-24)23-9-12-7-16(22)18(17(8-12)25-3)26-10-13-14(20)5-4-6-15(13)21/h4-8,23-24H,9-11H2,1-3H3. The van der Waals surface area contributed by atoms with Crippen LogP contribution in [-0.4, -0.2) is 24.4 Å². The van der Waals surface area contributed by atoms with Crippen LogP contribution in [0.2, 0.25) is 15.1 Å². The molecule has 0 aromatic heterocycles. The van der Waals surface area contributed by atoms with Crippen LogP contribution in [0.15, 0.2) is 30.3 Å². The molecule has 0 unspecified atom stereocenters. The molecule has 0 atom stereocenters. The first-order chi connectivity index (χ1) is 12.3. The van der Waals surface area contributed by atoms with Crippen molar-refractivity contribution in [2.45, 2.75) is 32.5 Å². The zero-order valence-electron chi connectivity index (χ0n) is 14.9. The molecule has 0 bridgehead atoms. The van der Waals surface area contributed by atoms with Crippen LogP contribution in [0.1, 0.15) is 25.0 Å². The van der Waals surface area contributed by atoms with E-state index in [0.717, 1.165) is 5.56 Å². The molecule has 0 heterocycles. The summed E-state index contributed by atoms with van der Waals surface area (Å²) in [5.41, 5.74) is 1.20. The van der Waals surface area contributed by atoms with E-state index in [1.807, 2.05) is 19.9 Å². The highest BCUT2D eigenvalue weighted by Gasteiger charge is 2.18. The maximum absolute atomic E-state index is 9.34. The Bertz CT molecular complexity index is 746. The van der Waals surface area contributed by atoms with Crippen LogP contribution < -0.4 is 14.8 Å². The van der Waals surface area contributed by atoms with Crippen molar-refractivity contribution in [2.75, 3.05) is 13.7 Å². The van der Waals surface area contributed by atoms with E-state index < -0.39 is 5.54 Å². The van der Waals surface area contributed by atoms with Gasteiger partial charge in [0.1, 0.15) is 6.61 Å². The van der Waals surface area contributed by atoms with Gasteiger partial charge in [-0.1, -0.05) is 40.9 Å². The third kappa shape index (κ3) is 5.41. The second kappa shape index (κ2) is 9.16. The number of aliphatic hydroxyl groups excluding tert-OH is 1. The third-order valence-corrected chi connectivity index (χ3v) is 4.87. The van der Waals surface area contributed by atoms with Gasteiger partial charge in [-0.05, 0) is 43.7 Å². The fraction of sp³-hybridized carbons (Fsp3) is 0.368. The maximum atomic E-state index is 9.34. The molecule has 0 fully saturated rings. The second-order valence-corrected chi connectivity index (χ2v) is 7.72. The molecule has 2 rings (SSSR count). The lowest BCUT2D eigenvalue weighted by Crippen LogP contribution is -2.42. The molecule has 0 amide bonds. The van der Waals surface area contributed by atoms with Gasteiger partial charge in [-0.2, -0.15) is 0 Å². The van der Waals surface area contributed by atoms with Crippen molar-refractivity contribution in [3.8, 4) is 11.5 Å². The number of hydrogen-bond donors (Lipinski definition) is 2. The smallest absolute Gasteiger partial charge is 0.180 e. The molecular formula is C19H22Cl3NO3. The minimum atomic E-state index is -0.393. The third-order valence-electron chi connectivity index (χ3n) is 3.88. The zero-order valence-corrected chi connectivity index (χ0v) is 17.2. The summed E-state index contributed by atoms with van der Waals surface area (Å²) >= 11 is 18.7. The number of ether oxygens (including phenoxy) is 2. The topological polar surface area (TPSA) is 50.7 Å². The first kappa shape index (κ1) is 21.1. The molecule has 2 aromatic rings. The Labute approximate surface area is 169 Å². The fourth-order valence-electron chi connectivity index (χ4n) is 2.23. The van der Waals surface area contributed by atoms with Crippen LogP contribution in [0.4, 0.5) is 0 Å². The van der Waals surface area contributed by atoms with E-state index in [4.69, 9.17) is 44.3 Å². The molecule has 7 heteroatoms. The molecular weight excluding hydrogens is 397 g/mol. The normalized spacial score (nSPS) is 11.5. The Balaban J connectivity index is 2.19. The molecule has 0 radical (unpaired) electrons. The van der Waals surface area contributed by atoms with Crippen LogP contribution in [0.3, 0.4) is 0 Å². The molecule has 26 heavy (non-hydrogen) atoms. The van der Waals surface area contributed by atoms with E-state index in [0.29, 0.717) is 38.7 Å². The maximum Gasteiger partial charge on any atom is 0.180 e. The second-order valence-electron chi connectivity index (χ2n) is 6.49. The van der Waals surface area contributed by atoms with Gasteiger partial charge in [-0.15, -0.1) is 0 Å². The van der Waals surface area contributed by atoms with E-state index in [-0.39, 0.29) is 13.2 Å². The molecule has 0 spiro atoms. The molecule has 2 aromatic carbocycles. The van der Waals surface area contributed by atoms with Crippen molar-refractivity contribution in [1.29, 1.82) is 0 Å². The van der Waals surface area contributed by atoms with Gasteiger partial charge in [0.25, 0.3) is 0 Å². The van der Waals surface area contributed by atoms with Crippen LogP contribution in [0.25, 0.3) is 0 Å². The van der Waals surface area contributed by atoms with E-state index >= 15 is 0 Å². The van der Waals surface area contributed by atoms with Crippen molar-refractivity contribution < 1.29 is 14.6 Å². The van der Waals surface area contributed by atoms with Gasteiger partial charge in [0.05, 0.1) is 18.7 Å². The lowest BCUT2D eigenvalue weighted by atomic mass is 10.1. The number of halogens is 3. The Morgan fingerprint density at radius 1 is 1.08 bits per heavy atom. The van der Waals surface area contributed by atoms with Gasteiger partial charge < -0.3 is 19.9 Å². The van der Waals surface area contributed by atoms with Crippen molar-refractivity contribution in [3.63, 3.8) is 0 Å². The summed E-state index contributed by atoms with van der Waals surface area (Å²) in [4.78, 5) is 0. The number of benzene rings is 2. The minimum absolute atomic E-state index is 0.0255. The summed E-state index contributed by atoms with van der Waals surface area (Å²) in [6, 6.07) is 8.92. The summed E-state index contributed by atoms with van der Waals surface area (Å²) in [6.45, 7) is 4.55. The van der Waals surface area contributed by atoms with Crippen molar-refractivity contribution in [1.82, 2.24) is 5.32 Å². The molecule has 4 nitrogen and oxygen atoms in total. The number of aliphatic hydroxyl groups is 1. The molecule has 142 valence electrons. The number of methoxy groups -OCH3 is 1. The summed E-state index contributed by atoms with van der Waals surface area (Å²) < 4.78 is 11.3. The molecule has 0 aliphatic rings. The lowest BCUT2D eigenvalue weighted by Gasteiger charge is -2.24. The minimum Gasteiger partial charge on any atom is -0.493 e. The highest BCUT2D eigenvalue weighted by atomic mass is 35.5. The van der Waals surface area contributed by atoms with Crippen LogP contribution in [0, 0.1) is 0 Å². The van der Waals surface area contributed by atoms with Crippen molar-refractivity contribution in [2.24, 2.45) is 0 Å². The number of hydrogen-bond acceptors (Lipinski definition) is 4. The van der Waals surface area contributed by atoms with Crippen molar-refractivity contribution in [3.05, 3.63) is 56.5 Å². The molecule has 0 saturated carbocycles. The Kier molecular flexibility index (Phi) is 7.44. The van der Waals surface area contributed by atoms with Crippen LogP contribution in [0.5, 0.6) is 11.5 Å². The van der Waals surface area contributed by atoms with Crippen LogP contribution >= 0.6 is 34.8 Å². The van der Waals surface area contributed by atoms with Gasteiger partial charge in [0.15, 0.2) is 11.5 Å². The van der Waals surface area contributed by atoms with E-state index in [9.17, 15) is 5.11 Å². The van der Waals surface area contributed by atoms with Crippen LogP contribution in [-0.2, 0) is 13.2 Å². The van der Waals surface area contributed by atoms with E-state index in [1.54, 1.807) is 31.4 Å². The SMILES string of the molecule is COc1cc(CNC(C)(C)CO)cc(Cl)c1OCc1c(Cl)cccc1Cl. The molecule has 2 N–H and O–H groups in total. The molecule has 0 aliphatic carbocycles. The quantitative estimate of drug-likeness (QED) is 0.626.